The third-order valence-electron chi connectivity index (χ3n) is 3.49. The molecule has 4 nitrogen and oxygen atoms in total. The van der Waals surface area contributed by atoms with Crippen molar-refractivity contribution in [3.8, 4) is 5.75 Å². The molecule has 20 heavy (non-hydrogen) atoms. The van der Waals surface area contributed by atoms with Gasteiger partial charge in [0.25, 0.3) is 5.91 Å². The number of aromatic hydroxyl groups is 1. The van der Waals surface area contributed by atoms with Gasteiger partial charge < -0.3 is 15.7 Å². The Morgan fingerprint density at radius 2 is 2.05 bits per heavy atom. The van der Waals surface area contributed by atoms with Crippen molar-refractivity contribution in [2.75, 3.05) is 11.9 Å². The smallest absolute Gasteiger partial charge is 0.255 e. The van der Waals surface area contributed by atoms with Crippen molar-refractivity contribution in [1.82, 2.24) is 5.32 Å². The van der Waals surface area contributed by atoms with Crippen molar-refractivity contribution in [3.63, 3.8) is 0 Å². The quantitative estimate of drug-likeness (QED) is 0.783. The van der Waals surface area contributed by atoms with Crippen LogP contribution in [0.5, 0.6) is 5.75 Å². The van der Waals surface area contributed by atoms with Gasteiger partial charge in [-0.3, -0.25) is 4.79 Å². The maximum absolute atomic E-state index is 12.4. The number of phenolic OH excluding ortho intramolecular Hbond substituents is 1. The average Bonchev–Trinajstić information content (AvgIpc) is 2.46. The summed E-state index contributed by atoms with van der Waals surface area (Å²) in [6, 6.07) is 12.4. The number of phenols is 1. The summed E-state index contributed by atoms with van der Waals surface area (Å²) in [6.45, 7) is 1.70. The number of fused-ring (bicyclic) bond motifs is 1. The van der Waals surface area contributed by atoms with Crippen molar-refractivity contribution in [3.05, 3.63) is 59.2 Å². The van der Waals surface area contributed by atoms with Gasteiger partial charge in [0.2, 0.25) is 0 Å². The molecule has 1 amide bonds. The molecule has 0 spiro atoms. The molecule has 2 aromatic carbocycles. The van der Waals surface area contributed by atoms with Gasteiger partial charge >= 0.3 is 0 Å². The number of benzene rings is 2. The number of nitrogens with one attached hydrogen (secondary N) is 2. The fraction of sp³-hybridized carbons (Fsp3) is 0.188. The van der Waals surface area contributed by atoms with E-state index in [9.17, 15) is 9.90 Å². The first-order valence-electron chi connectivity index (χ1n) is 6.66. The zero-order valence-electron chi connectivity index (χ0n) is 11.0. The van der Waals surface area contributed by atoms with Crippen molar-refractivity contribution in [1.29, 1.82) is 0 Å². The molecule has 102 valence electrons. The van der Waals surface area contributed by atoms with E-state index in [-0.39, 0.29) is 11.7 Å². The molecule has 1 heterocycles. The molecular formula is C16H16N2O2. The Labute approximate surface area is 117 Å². The largest absolute Gasteiger partial charge is 0.508 e. The summed E-state index contributed by atoms with van der Waals surface area (Å²) in [4.78, 5) is 12.4. The van der Waals surface area contributed by atoms with E-state index in [0.29, 0.717) is 11.3 Å². The fourth-order valence-electron chi connectivity index (χ4n) is 2.53. The lowest BCUT2D eigenvalue weighted by atomic mass is 9.95. The number of carbonyl (C=O) groups is 1. The third kappa shape index (κ3) is 2.51. The van der Waals surface area contributed by atoms with Crippen LogP contribution < -0.4 is 10.6 Å². The molecule has 0 aliphatic carbocycles. The van der Waals surface area contributed by atoms with Gasteiger partial charge in [-0.25, -0.2) is 0 Å². The van der Waals surface area contributed by atoms with Crippen LogP contribution in [0.15, 0.2) is 42.5 Å². The molecule has 0 saturated carbocycles. The highest BCUT2D eigenvalue weighted by molar-refractivity contribution is 6.05. The lowest BCUT2D eigenvalue weighted by Crippen LogP contribution is -2.26. The Kier molecular flexibility index (Phi) is 3.39. The lowest BCUT2D eigenvalue weighted by Gasteiger charge is -2.20. The second-order valence-corrected chi connectivity index (χ2v) is 4.87. The average molecular weight is 268 g/mol. The minimum atomic E-state index is -0.130. The first kappa shape index (κ1) is 12.7. The van der Waals surface area contributed by atoms with Crippen LogP contribution >= 0.6 is 0 Å². The molecule has 0 saturated heterocycles. The highest BCUT2D eigenvalue weighted by Gasteiger charge is 2.17. The van der Waals surface area contributed by atoms with Gasteiger partial charge in [0.1, 0.15) is 5.75 Å². The Bertz CT molecular complexity index is 653. The van der Waals surface area contributed by atoms with E-state index in [0.717, 1.165) is 25.1 Å². The van der Waals surface area contributed by atoms with Crippen LogP contribution in [0.3, 0.4) is 0 Å². The standard InChI is InChI=1S/C16H16N2O2/c19-13-5-2-4-12(9-13)18-16(20)15-6-1-3-11-10-17-8-7-14(11)15/h1-6,9,17,19H,7-8,10H2,(H,18,20). The monoisotopic (exact) mass is 268 g/mol. The predicted octanol–water partition coefficient (Wildman–Crippen LogP) is 2.29. The molecule has 0 aromatic heterocycles. The number of carbonyl (C=O) groups excluding carboxylic acids is 1. The summed E-state index contributed by atoms with van der Waals surface area (Å²) >= 11 is 0. The van der Waals surface area contributed by atoms with Crippen LogP contribution in [0, 0.1) is 0 Å². The molecule has 0 fully saturated rings. The second-order valence-electron chi connectivity index (χ2n) is 4.87. The summed E-state index contributed by atoms with van der Waals surface area (Å²) in [7, 11) is 0. The molecule has 3 rings (SSSR count). The highest BCUT2D eigenvalue weighted by atomic mass is 16.3. The van der Waals surface area contributed by atoms with Crippen LogP contribution in [-0.4, -0.2) is 17.6 Å². The summed E-state index contributed by atoms with van der Waals surface area (Å²) < 4.78 is 0. The number of hydrogen-bond donors (Lipinski definition) is 3. The predicted molar refractivity (Wildman–Crippen MR) is 77.9 cm³/mol. The molecule has 1 aliphatic rings. The van der Waals surface area contributed by atoms with Crippen LogP contribution in [0.4, 0.5) is 5.69 Å². The molecule has 2 aromatic rings. The zero-order chi connectivity index (χ0) is 13.9. The third-order valence-corrected chi connectivity index (χ3v) is 3.49. The summed E-state index contributed by atoms with van der Waals surface area (Å²) in [5.41, 5.74) is 3.61. The van der Waals surface area contributed by atoms with Gasteiger partial charge in [0.15, 0.2) is 0 Å². The van der Waals surface area contributed by atoms with Gasteiger partial charge in [-0.2, -0.15) is 0 Å². The first-order chi connectivity index (χ1) is 9.74. The lowest BCUT2D eigenvalue weighted by molar-refractivity contribution is 0.102. The Morgan fingerprint density at radius 3 is 2.90 bits per heavy atom. The molecule has 3 N–H and O–H groups in total. The molecule has 0 atom stereocenters. The van der Waals surface area contributed by atoms with Gasteiger partial charge in [-0.15, -0.1) is 0 Å². The number of amides is 1. The summed E-state index contributed by atoms with van der Waals surface area (Å²) in [6.07, 6.45) is 0.860. The van der Waals surface area contributed by atoms with Crippen molar-refractivity contribution in [2.24, 2.45) is 0 Å². The van der Waals surface area contributed by atoms with Crippen LogP contribution in [0.2, 0.25) is 0 Å². The van der Waals surface area contributed by atoms with Crippen LogP contribution in [-0.2, 0) is 13.0 Å². The van der Waals surface area contributed by atoms with Crippen LogP contribution in [0.25, 0.3) is 0 Å². The van der Waals surface area contributed by atoms with Gasteiger partial charge in [0.05, 0.1) is 0 Å². The first-order valence-corrected chi connectivity index (χ1v) is 6.66. The summed E-state index contributed by atoms with van der Waals surface area (Å²) in [5.74, 6) is 0.0106. The maximum Gasteiger partial charge on any atom is 0.255 e. The van der Waals surface area contributed by atoms with Crippen molar-refractivity contribution in [2.45, 2.75) is 13.0 Å². The highest BCUT2D eigenvalue weighted by Crippen LogP contribution is 2.21. The Morgan fingerprint density at radius 1 is 1.20 bits per heavy atom. The Hall–Kier alpha value is -2.33. The number of hydrogen-bond acceptors (Lipinski definition) is 3. The van der Waals surface area contributed by atoms with E-state index in [1.165, 1.54) is 11.6 Å². The molecule has 0 unspecified atom stereocenters. The van der Waals surface area contributed by atoms with E-state index in [2.05, 4.69) is 10.6 Å². The summed E-state index contributed by atoms with van der Waals surface area (Å²) in [5, 5.41) is 15.6. The minimum Gasteiger partial charge on any atom is -0.508 e. The molecule has 1 aliphatic heterocycles. The van der Waals surface area contributed by atoms with Gasteiger partial charge in [-0.1, -0.05) is 18.2 Å². The van der Waals surface area contributed by atoms with Gasteiger partial charge in [0, 0.05) is 23.9 Å². The molecule has 0 radical (unpaired) electrons. The zero-order valence-corrected chi connectivity index (χ0v) is 11.0. The van der Waals surface area contributed by atoms with E-state index < -0.39 is 0 Å². The topological polar surface area (TPSA) is 61.4 Å². The van der Waals surface area contributed by atoms with E-state index in [4.69, 9.17) is 0 Å². The minimum absolute atomic E-state index is 0.130. The second kappa shape index (κ2) is 5.35. The molecule has 4 heteroatoms. The normalized spacial score (nSPS) is 13.6. The fourth-order valence-corrected chi connectivity index (χ4v) is 2.53. The van der Waals surface area contributed by atoms with E-state index in [1.807, 2.05) is 18.2 Å². The maximum atomic E-state index is 12.4. The SMILES string of the molecule is O=C(Nc1cccc(O)c1)c1cccc2c1CCNC2. The molecular weight excluding hydrogens is 252 g/mol. The van der Waals surface area contributed by atoms with Crippen LogP contribution in [0.1, 0.15) is 21.5 Å². The molecule has 0 bridgehead atoms. The number of rotatable bonds is 2. The van der Waals surface area contributed by atoms with Crippen molar-refractivity contribution < 1.29 is 9.90 Å². The van der Waals surface area contributed by atoms with Gasteiger partial charge in [-0.05, 0) is 42.3 Å². The van der Waals surface area contributed by atoms with Crippen molar-refractivity contribution >= 4 is 11.6 Å². The van der Waals surface area contributed by atoms with E-state index >= 15 is 0 Å². The Balaban J connectivity index is 1.88. The number of anilines is 1. The van der Waals surface area contributed by atoms with E-state index in [1.54, 1.807) is 18.2 Å².